The van der Waals surface area contributed by atoms with Crippen LogP contribution in [-0.2, 0) is 14.8 Å². The Hall–Kier alpha value is -2.40. The minimum absolute atomic E-state index is 0.123. The van der Waals surface area contributed by atoms with Crippen LogP contribution in [0.4, 0.5) is 0 Å². The van der Waals surface area contributed by atoms with Gasteiger partial charge in [0, 0.05) is 26.2 Å². The van der Waals surface area contributed by atoms with Crippen molar-refractivity contribution in [2.45, 2.75) is 37.1 Å². The van der Waals surface area contributed by atoms with Crippen LogP contribution in [0.5, 0.6) is 0 Å². The van der Waals surface area contributed by atoms with Gasteiger partial charge in [-0.05, 0) is 35.7 Å². The Labute approximate surface area is 179 Å². The number of carbonyl (C=O) groups excluding carboxylic acids is 1. The number of amides is 1. The molecule has 0 radical (unpaired) electrons. The van der Waals surface area contributed by atoms with Crippen molar-refractivity contribution in [3.05, 3.63) is 42.5 Å². The van der Waals surface area contributed by atoms with Gasteiger partial charge in [0.2, 0.25) is 15.9 Å². The third-order valence-electron chi connectivity index (χ3n) is 5.92. The van der Waals surface area contributed by atoms with Gasteiger partial charge in [-0.15, -0.1) is 6.42 Å². The summed E-state index contributed by atoms with van der Waals surface area (Å²) in [5, 5.41) is 4.87. The highest BCUT2D eigenvalue weighted by molar-refractivity contribution is 7.89. The molecule has 30 heavy (non-hydrogen) atoms. The molecule has 0 aromatic heterocycles. The minimum Gasteiger partial charge on any atom is -0.339 e. The van der Waals surface area contributed by atoms with Gasteiger partial charge < -0.3 is 5.32 Å². The Morgan fingerprint density at radius 1 is 1.07 bits per heavy atom. The first-order valence-electron chi connectivity index (χ1n) is 10.3. The van der Waals surface area contributed by atoms with Crippen molar-refractivity contribution in [2.24, 2.45) is 0 Å². The number of hydrogen-bond donors (Lipinski definition) is 1. The topological polar surface area (TPSA) is 69.7 Å². The highest BCUT2D eigenvalue weighted by atomic mass is 32.2. The van der Waals surface area contributed by atoms with Gasteiger partial charge in [-0.1, -0.05) is 50.1 Å². The molecule has 0 bridgehead atoms. The van der Waals surface area contributed by atoms with Crippen LogP contribution in [-0.4, -0.2) is 61.8 Å². The monoisotopic (exact) mass is 427 g/mol. The minimum atomic E-state index is -3.57. The van der Waals surface area contributed by atoms with Crippen molar-refractivity contribution >= 4 is 26.7 Å². The molecule has 0 unspecified atom stereocenters. The molecular formula is C23H29N3O3S. The van der Waals surface area contributed by atoms with Gasteiger partial charge in [0.25, 0.3) is 0 Å². The molecule has 6 nitrogen and oxygen atoms in total. The lowest BCUT2D eigenvalue weighted by atomic mass is 9.94. The third-order valence-corrected chi connectivity index (χ3v) is 7.81. The van der Waals surface area contributed by atoms with Crippen LogP contribution in [0.3, 0.4) is 0 Å². The smallest absolute Gasteiger partial charge is 0.243 e. The van der Waals surface area contributed by atoms with E-state index in [1.807, 2.05) is 49.1 Å². The van der Waals surface area contributed by atoms with E-state index in [1.165, 1.54) is 4.31 Å². The fourth-order valence-corrected chi connectivity index (χ4v) is 5.24. The van der Waals surface area contributed by atoms with Crippen LogP contribution in [0.25, 0.3) is 10.8 Å². The second kappa shape index (κ2) is 9.17. The average Bonchev–Trinajstić information content (AvgIpc) is 2.77. The third kappa shape index (κ3) is 4.67. The average molecular weight is 428 g/mol. The number of rotatable bonds is 7. The van der Waals surface area contributed by atoms with Crippen LogP contribution in [0.1, 0.15) is 26.7 Å². The number of benzene rings is 2. The summed E-state index contributed by atoms with van der Waals surface area (Å²) in [5.41, 5.74) is -0.613. The summed E-state index contributed by atoms with van der Waals surface area (Å²) >= 11 is 0. The van der Waals surface area contributed by atoms with Gasteiger partial charge in [-0.25, -0.2) is 8.42 Å². The Balaban J connectivity index is 1.61. The SMILES string of the molecule is C#CC(CC)(CC)NC(=O)CN1CCN(S(=O)(=O)c2ccc3ccccc3c2)CC1. The molecule has 1 saturated heterocycles. The van der Waals surface area contributed by atoms with E-state index in [0.29, 0.717) is 43.9 Å². The number of nitrogens with one attached hydrogen (secondary N) is 1. The van der Waals surface area contributed by atoms with Crippen molar-refractivity contribution < 1.29 is 13.2 Å². The number of sulfonamides is 1. The zero-order valence-electron chi connectivity index (χ0n) is 17.6. The van der Waals surface area contributed by atoms with E-state index in [2.05, 4.69) is 11.2 Å². The number of terminal acetylenes is 1. The standard InChI is InChI=1S/C23H29N3O3S/c1-4-23(5-2,6-3)24-22(27)18-25-13-15-26(16-14-25)30(28,29)21-12-11-19-9-7-8-10-20(19)17-21/h1,7-12,17H,5-6,13-16,18H2,2-3H3,(H,24,27). The summed E-state index contributed by atoms with van der Waals surface area (Å²) in [5.74, 6) is 2.58. The lowest BCUT2D eigenvalue weighted by Gasteiger charge is -2.34. The maximum atomic E-state index is 13.1. The Bertz CT molecular complexity index is 1050. The summed E-state index contributed by atoms with van der Waals surface area (Å²) in [4.78, 5) is 14.7. The molecule has 1 N–H and O–H groups in total. The highest BCUT2D eigenvalue weighted by Crippen LogP contribution is 2.23. The Morgan fingerprint density at radius 2 is 1.70 bits per heavy atom. The molecule has 160 valence electrons. The van der Waals surface area contributed by atoms with E-state index < -0.39 is 15.6 Å². The first kappa shape index (κ1) is 22.3. The molecular weight excluding hydrogens is 398 g/mol. The number of carbonyl (C=O) groups is 1. The van der Waals surface area contributed by atoms with Crippen molar-refractivity contribution in [1.29, 1.82) is 0 Å². The van der Waals surface area contributed by atoms with Gasteiger partial charge in [0.1, 0.15) is 5.54 Å². The molecule has 1 aliphatic heterocycles. The summed E-state index contributed by atoms with van der Waals surface area (Å²) in [6, 6.07) is 12.9. The summed E-state index contributed by atoms with van der Waals surface area (Å²) in [6.07, 6.45) is 6.95. The lowest BCUT2D eigenvalue weighted by molar-refractivity contribution is -0.123. The number of fused-ring (bicyclic) bond motifs is 1. The normalized spacial score (nSPS) is 16.3. The van der Waals surface area contributed by atoms with Crippen LogP contribution < -0.4 is 5.32 Å². The molecule has 1 aliphatic rings. The molecule has 1 amide bonds. The Morgan fingerprint density at radius 3 is 2.30 bits per heavy atom. The summed E-state index contributed by atoms with van der Waals surface area (Å²) in [7, 11) is -3.57. The first-order chi connectivity index (χ1) is 14.3. The molecule has 0 saturated carbocycles. The van der Waals surface area contributed by atoms with Gasteiger partial charge in [-0.2, -0.15) is 4.31 Å². The number of hydrogen-bond acceptors (Lipinski definition) is 4. The van der Waals surface area contributed by atoms with Crippen molar-refractivity contribution in [1.82, 2.24) is 14.5 Å². The summed E-state index contributed by atoms with van der Waals surface area (Å²) < 4.78 is 27.6. The van der Waals surface area contributed by atoms with E-state index >= 15 is 0 Å². The zero-order valence-corrected chi connectivity index (χ0v) is 18.4. The summed E-state index contributed by atoms with van der Waals surface area (Å²) in [6.45, 7) is 5.84. The highest BCUT2D eigenvalue weighted by Gasteiger charge is 2.30. The predicted molar refractivity (Wildman–Crippen MR) is 119 cm³/mol. The zero-order chi connectivity index (χ0) is 21.8. The molecule has 0 spiro atoms. The lowest BCUT2D eigenvalue weighted by Crippen LogP contribution is -2.54. The van der Waals surface area contributed by atoms with Crippen LogP contribution in [0.2, 0.25) is 0 Å². The Kier molecular flexibility index (Phi) is 6.81. The quantitative estimate of drug-likeness (QED) is 0.689. The fraction of sp³-hybridized carbons (Fsp3) is 0.435. The molecule has 1 fully saturated rings. The molecule has 1 heterocycles. The van der Waals surface area contributed by atoms with E-state index in [-0.39, 0.29) is 12.5 Å². The van der Waals surface area contributed by atoms with E-state index in [4.69, 9.17) is 6.42 Å². The largest absolute Gasteiger partial charge is 0.339 e. The van der Waals surface area contributed by atoms with Crippen molar-refractivity contribution in [3.63, 3.8) is 0 Å². The number of nitrogens with zero attached hydrogens (tertiary/aromatic N) is 2. The molecule has 3 rings (SSSR count). The molecule has 2 aromatic rings. The van der Waals surface area contributed by atoms with E-state index in [9.17, 15) is 13.2 Å². The first-order valence-corrected chi connectivity index (χ1v) is 11.8. The second-order valence-electron chi connectivity index (χ2n) is 7.67. The van der Waals surface area contributed by atoms with Crippen LogP contribution in [0, 0.1) is 12.3 Å². The maximum Gasteiger partial charge on any atom is 0.243 e. The molecule has 0 atom stereocenters. The van der Waals surface area contributed by atoms with Gasteiger partial charge in [0.15, 0.2) is 0 Å². The van der Waals surface area contributed by atoms with Gasteiger partial charge in [0.05, 0.1) is 11.4 Å². The molecule has 2 aromatic carbocycles. The van der Waals surface area contributed by atoms with Gasteiger partial charge >= 0.3 is 0 Å². The van der Waals surface area contributed by atoms with Crippen molar-refractivity contribution in [3.8, 4) is 12.3 Å². The van der Waals surface area contributed by atoms with E-state index in [1.54, 1.807) is 12.1 Å². The number of piperazine rings is 1. The molecule has 7 heteroatoms. The van der Waals surface area contributed by atoms with E-state index in [0.717, 1.165) is 10.8 Å². The van der Waals surface area contributed by atoms with Crippen LogP contribution in [0.15, 0.2) is 47.4 Å². The maximum absolute atomic E-state index is 13.1. The fourth-order valence-electron chi connectivity index (χ4n) is 3.78. The molecule has 0 aliphatic carbocycles. The van der Waals surface area contributed by atoms with Crippen LogP contribution >= 0.6 is 0 Å². The second-order valence-corrected chi connectivity index (χ2v) is 9.61. The van der Waals surface area contributed by atoms with Crippen molar-refractivity contribution in [2.75, 3.05) is 32.7 Å². The van der Waals surface area contributed by atoms with Gasteiger partial charge in [-0.3, -0.25) is 9.69 Å². The predicted octanol–water partition coefficient (Wildman–Crippen LogP) is 2.45.